The molecule has 0 saturated carbocycles. The van der Waals surface area contributed by atoms with Gasteiger partial charge in [-0.25, -0.2) is 4.79 Å². The molecule has 0 bridgehead atoms. The number of nitrogens with zero attached hydrogens (tertiary/aromatic N) is 1. The van der Waals surface area contributed by atoms with Crippen molar-refractivity contribution in [1.82, 2.24) is 4.90 Å². The molecule has 1 aromatic rings. The lowest BCUT2D eigenvalue weighted by Gasteiger charge is -2.38. The fourth-order valence-electron chi connectivity index (χ4n) is 2.32. The number of carbonyl (C=O) groups excluding carboxylic acids is 1. The van der Waals surface area contributed by atoms with E-state index in [1.807, 2.05) is 0 Å². The fraction of sp³-hybridized carbons (Fsp3) is 0.462. The highest BCUT2D eigenvalue weighted by Gasteiger charge is 2.37. The highest BCUT2D eigenvalue weighted by molar-refractivity contribution is 6.42. The number of benzene rings is 1. The first-order chi connectivity index (χ1) is 8.98. The Kier molecular flexibility index (Phi) is 4.23. The Morgan fingerprint density at radius 2 is 2.00 bits per heavy atom. The zero-order valence-electron chi connectivity index (χ0n) is 10.5. The van der Waals surface area contributed by atoms with Gasteiger partial charge in [0.2, 0.25) is 0 Å². The standard InChI is InChI=1S/C13H15Cl2NO3/c1-19-12(17)16-7-5-13(18,6-8-16)9-3-2-4-10(14)11(9)15/h2-4,18H,5-8H2,1H3. The molecule has 1 fully saturated rings. The Labute approximate surface area is 121 Å². The molecule has 1 aliphatic rings. The van der Waals surface area contributed by atoms with E-state index >= 15 is 0 Å². The lowest BCUT2D eigenvalue weighted by molar-refractivity contribution is -0.0229. The molecular formula is C13H15Cl2NO3. The van der Waals surface area contributed by atoms with Crippen LogP contribution in [0.1, 0.15) is 18.4 Å². The number of likely N-dealkylation sites (tertiary alicyclic amines) is 1. The minimum atomic E-state index is -1.05. The number of aliphatic hydroxyl groups is 1. The van der Waals surface area contributed by atoms with E-state index in [4.69, 9.17) is 23.2 Å². The smallest absolute Gasteiger partial charge is 0.409 e. The van der Waals surface area contributed by atoms with Gasteiger partial charge in [0, 0.05) is 18.7 Å². The summed E-state index contributed by atoms with van der Waals surface area (Å²) in [6, 6.07) is 5.20. The van der Waals surface area contributed by atoms with Crippen molar-refractivity contribution < 1.29 is 14.6 Å². The van der Waals surface area contributed by atoms with E-state index in [-0.39, 0.29) is 6.09 Å². The van der Waals surface area contributed by atoms with Crippen LogP contribution >= 0.6 is 23.2 Å². The van der Waals surface area contributed by atoms with E-state index in [1.54, 1.807) is 23.1 Å². The van der Waals surface area contributed by atoms with Gasteiger partial charge in [-0.2, -0.15) is 0 Å². The van der Waals surface area contributed by atoms with Gasteiger partial charge in [-0.3, -0.25) is 0 Å². The third-order valence-electron chi connectivity index (χ3n) is 3.48. The van der Waals surface area contributed by atoms with Gasteiger partial charge in [0.1, 0.15) is 0 Å². The molecule has 0 aromatic heterocycles. The predicted molar refractivity (Wildman–Crippen MR) is 73.6 cm³/mol. The van der Waals surface area contributed by atoms with Crippen molar-refractivity contribution in [3.8, 4) is 0 Å². The zero-order valence-corrected chi connectivity index (χ0v) is 12.0. The van der Waals surface area contributed by atoms with E-state index in [9.17, 15) is 9.90 Å². The minimum absolute atomic E-state index is 0.373. The van der Waals surface area contributed by atoms with Crippen LogP contribution in [0.15, 0.2) is 18.2 Å². The topological polar surface area (TPSA) is 49.8 Å². The van der Waals surface area contributed by atoms with Gasteiger partial charge < -0.3 is 14.7 Å². The van der Waals surface area contributed by atoms with Crippen LogP contribution in [0.5, 0.6) is 0 Å². The lowest BCUT2D eigenvalue weighted by atomic mass is 9.84. The Bertz CT molecular complexity index is 485. The molecular weight excluding hydrogens is 289 g/mol. The molecule has 0 unspecified atom stereocenters. The van der Waals surface area contributed by atoms with Crippen LogP contribution in [-0.2, 0) is 10.3 Å². The van der Waals surface area contributed by atoms with Gasteiger partial charge in [0.05, 0.1) is 22.8 Å². The molecule has 19 heavy (non-hydrogen) atoms. The van der Waals surface area contributed by atoms with Crippen molar-refractivity contribution in [3.63, 3.8) is 0 Å². The number of ether oxygens (including phenoxy) is 1. The SMILES string of the molecule is COC(=O)N1CCC(O)(c2cccc(Cl)c2Cl)CC1. The van der Waals surface area contributed by atoms with Crippen LogP contribution in [0, 0.1) is 0 Å². The summed E-state index contributed by atoms with van der Waals surface area (Å²) in [6.07, 6.45) is 0.434. The predicted octanol–water partition coefficient (Wildman–Crippen LogP) is 3.04. The molecule has 0 atom stereocenters. The first-order valence-electron chi connectivity index (χ1n) is 5.98. The number of methoxy groups -OCH3 is 1. The number of halogens is 2. The van der Waals surface area contributed by atoms with E-state index in [1.165, 1.54) is 7.11 Å². The summed E-state index contributed by atoms with van der Waals surface area (Å²) in [7, 11) is 1.34. The molecule has 0 aliphatic carbocycles. The van der Waals surface area contributed by atoms with Crippen molar-refractivity contribution in [1.29, 1.82) is 0 Å². The summed E-state index contributed by atoms with van der Waals surface area (Å²) < 4.78 is 4.66. The van der Waals surface area contributed by atoms with Crippen molar-refractivity contribution in [2.75, 3.05) is 20.2 Å². The Morgan fingerprint density at radius 1 is 1.37 bits per heavy atom. The summed E-state index contributed by atoms with van der Waals surface area (Å²) in [5.41, 5.74) is -0.432. The molecule has 6 heteroatoms. The number of rotatable bonds is 1. The molecule has 2 rings (SSSR count). The second-order valence-electron chi connectivity index (χ2n) is 4.59. The molecule has 1 aliphatic heterocycles. The molecule has 1 saturated heterocycles. The first-order valence-corrected chi connectivity index (χ1v) is 6.73. The molecule has 104 valence electrons. The van der Waals surface area contributed by atoms with Gasteiger partial charge in [0.15, 0.2) is 0 Å². The summed E-state index contributed by atoms with van der Waals surface area (Å²) in [5, 5.41) is 11.5. The van der Waals surface area contributed by atoms with Crippen molar-refractivity contribution in [2.45, 2.75) is 18.4 Å². The van der Waals surface area contributed by atoms with Gasteiger partial charge in [-0.1, -0.05) is 35.3 Å². The summed E-state index contributed by atoms with van der Waals surface area (Å²) in [6.45, 7) is 0.845. The van der Waals surface area contributed by atoms with Crippen LogP contribution in [-0.4, -0.2) is 36.3 Å². The number of hydrogen-bond donors (Lipinski definition) is 1. The van der Waals surface area contributed by atoms with Crippen molar-refractivity contribution in [2.24, 2.45) is 0 Å². The molecule has 1 N–H and O–H groups in total. The third kappa shape index (κ3) is 2.81. The minimum Gasteiger partial charge on any atom is -0.453 e. The van der Waals surface area contributed by atoms with Crippen LogP contribution in [0.2, 0.25) is 10.0 Å². The fourth-order valence-corrected chi connectivity index (χ4v) is 2.80. The maximum Gasteiger partial charge on any atom is 0.409 e. The average Bonchev–Trinajstić information content (AvgIpc) is 2.41. The van der Waals surface area contributed by atoms with Crippen molar-refractivity contribution in [3.05, 3.63) is 33.8 Å². The number of carbonyl (C=O) groups is 1. The Morgan fingerprint density at radius 3 is 2.58 bits per heavy atom. The van der Waals surface area contributed by atoms with Gasteiger partial charge in [-0.15, -0.1) is 0 Å². The molecule has 4 nitrogen and oxygen atoms in total. The summed E-state index contributed by atoms with van der Waals surface area (Å²) in [5.74, 6) is 0. The monoisotopic (exact) mass is 303 g/mol. The third-order valence-corrected chi connectivity index (χ3v) is 4.30. The quantitative estimate of drug-likeness (QED) is 0.867. The highest BCUT2D eigenvalue weighted by atomic mass is 35.5. The number of amides is 1. The largest absolute Gasteiger partial charge is 0.453 e. The van der Waals surface area contributed by atoms with Crippen LogP contribution < -0.4 is 0 Å². The Balaban J connectivity index is 2.18. The molecule has 1 amide bonds. The second-order valence-corrected chi connectivity index (χ2v) is 5.38. The summed E-state index contributed by atoms with van der Waals surface area (Å²) in [4.78, 5) is 13.0. The Hall–Kier alpha value is -0.970. The number of piperidine rings is 1. The van der Waals surface area contributed by atoms with E-state index in [2.05, 4.69) is 4.74 Å². The normalized spacial score (nSPS) is 18.2. The van der Waals surface area contributed by atoms with E-state index in [0.29, 0.717) is 41.5 Å². The molecule has 1 aromatic carbocycles. The molecule has 0 spiro atoms. The van der Waals surface area contributed by atoms with E-state index in [0.717, 1.165) is 0 Å². The molecule has 1 heterocycles. The van der Waals surface area contributed by atoms with E-state index < -0.39 is 5.60 Å². The van der Waals surface area contributed by atoms with Crippen LogP contribution in [0.4, 0.5) is 4.79 Å². The van der Waals surface area contributed by atoms with Crippen LogP contribution in [0.3, 0.4) is 0 Å². The first kappa shape index (κ1) is 14.4. The highest BCUT2D eigenvalue weighted by Crippen LogP contribution is 2.39. The van der Waals surface area contributed by atoms with Gasteiger partial charge in [-0.05, 0) is 18.9 Å². The second kappa shape index (κ2) is 5.57. The zero-order chi connectivity index (χ0) is 14.0. The molecule has 0 radical (unpaired) electrons. The van der Waals surface area contributed by atoms with Crippen LogP contribution in [0.25, 0.3) is 0 Å². The number of hydrogen-bond acceptors (Lipinski definition) is 3. The maximum atomic E-state index is 11.4. The van der Waals surface area contributed by atoms with Gasteiger partial charge >= 0.3 is 6.09 Å². The summed E-state index contributed by atoms with van der Waals surface area (Å²) >= 11 is 12.1. The van der Waals surface area contributed by atoms with Crippen molar-refractivity contribution >= 4 is 29.3 Å². The lowest BCUT2D eigenvalue weighted by Crippen LogP contribution is -2.45. The average molecular weight is 304 g/mol. The maximum absolute atomic E-state index is 11.4. The van der Waals surface area contributed by atoms with Gasteiger partial charge in [0.25, 0.3) is 0 Å².